The molecule has 4 rings (SSSR count). The van der Waals surface area contributed by atoms with E-state index in [9.17, 15) is 9.59 Å². The average Bonchev–Trinajstić information content (AvgIpc) is 3.20. The number of hydrogen-bond donors (Lipinski definition) is 3. The molecule has 0 unspecified atom stereocenters. The van der Waals surface area contributed by atoms with Gasteiger partial charge in [0.1, 0.15) is 0 Å². The third-order valence-electron chi connectivity index (χ3n) is 6.15. The molecule has 0 atom stereocenters. The highest BCUT2D eigenvalue weighted by atomic mass is 32.2. The molecule has 1 aliphatic carbocycles. The minimum absolute atomic E-state index is 0.173. The van der Waals surface area contributed by atoms with Crippen molar-refractivity contribution in [2.45, 2.75) is 31.6 Å². The van der Waals surface area contributed by atoms with E-state index in [0.717, 1.165) is 43.1 Å². The quantitative estimate of drug-likeness (QED) is 0.368. The maximum atomic E-state index is 13.2. The Labute approximate surface area is 199 Å². The molecular weight excluding hydrogens is 432 g/mol. The fraction of sp³-hybridized carbons (Fsp3) is 0.308. The van der Waals surface area contributed by atoms with Crippen LogP contribution >= 0.6 is 11.9 Å². The van der Waals surface area contributed by atoms with Crippen molar-refractivity contribution in [3.8, 4) is 0 Å². The van der Waals surface area contributed by atoms with Crippen LogP contribution in [0.5, 0.6) is 0 Å². The van der Waals surface area contributed by atoms with Gasteiger partial charge < -0.3 is 16.0 Å². The van der Waals surface area contributed by atoms with Crippen molar-refractivity contribution in [1.29, 1.82) is 0 Å². The molecule has 4 N–H and O–H groups in total. The minimum Gasteiger partial charge on any atom is -0.398 e. The van der Waals surface area contributed by atoms with Crippen molar-refractivity contribution in [2.24, 2.45) is 5.73 Å². The number of benzene rings is 2. The number of ketones is 1. The van der Waals surface area contributed by atoms with E-state index in [1.165, 1.54) is 6.42 Å². The van der Waals surface area contributed by atoms with Gasteiger partial charge in [-0.15, -0.1) is 0 Å². The van der Waals surface area contributed by atoms with Crippen LogP contribution in [0.1, 0.15) is 48.2 Å². The minimum atomic E-state index is -0.329. The molecule has 0 aromatic heterocycles. The molecule has 1 amide bonds. The number of unbranched alkanes of at least 4 members (excludes halogenated alkanes) is 1. The molecule has 33 heavy (non-hydrogen) atoms. The first kappa shape index (κ1) is 23.3. The normalized spacial score (nSPS) is 15.2. The van der Waals surface area contributed by atoms with Crippen molar-refractivity contribution in [2.75, 3.05) is 26.2 Å². The van der Waals surface area contributed by atoms with Gasteiger partial charge in [0.05, 0.1) is 22.5 Å². The number of carbonyl (C=O) groups is 2. The number of nitrogens with one attached hydrogen (secondary N) is 2. The van der Waals surface area contributed by atoms with Gasteiger partial charge in [-0.2, -0.15) is 0 Å². The highest BCUT2D eigenvalue weighted by Crippen LogP contribution is 2.39. The Bertz CT molecular complexity index is 1120. The zero-order chi connectivity index (χ0) is 23.4. The molecule has 7 heteroatoms. The predicted octanol–water partition coefficient (Wildman–Crippen LogP) is 3.81. The van der Waals surface area contributed by atoms with Crippen LogP contribution in [0.2, 0.25) is 0 Å². The summed E-state index contributed by atoms with van der Waals surface area (Å²) in [6, 6.07) is 15.0. The zero-order valence-electron chi connectivity index (χ0n) is 19.1. The van der Waals surface area contributed by atoms with Crippen LogP contribution in [-0.4, -0.2) is 42.8 Å². The first-order valence-corrected chi connectivity index (χ1v) is 12.3. The summed E-state index contributed by atoms with van der Waals surface area (Å²) in [4.78, 5) is 29.4. The van der Waals surface area contributed by atoms with Crippen LogP contribution < -0.4 is 15.8 Å². The molecule has 2 aromatic carbocycles. The molecule has 0 bridgehead atoms. The third kappa shape index (κ3) is 4.76. The van der Waals surface area contributed by atoms with Gasteiger partial charge in [0.25, 0.3) is 5.91 Å². The smallest absolute Gasteiger partial charge is 0.258 e. The second-order valence-corrected chi connectivity index (χ2v) is 9.09. The number of Topliss-reactive ketones (excluding diaryl/α,β-unsaturated/α-hetero) is 1. The van der Waals surface area contributed by atoms with Gasteiger partial charge in [-0.05, 0) is 62.1 Å². The van der Waals surface area contributed by atoms with Crippen molar-refractivity contribution in [3.63, 3.8) is 0 Å². The number of carbonyl (C=O) groups excluding carboxylic acids is 2. The Morgan fingerprint density at radius 1 is 0.939 bits per heavy atom. The first-order chi connectivity index (χ1) is 16.0. The molecule has 0 saturated carbocycles. The van der Waals surface area contributed by atoms with E-state index in [4.69, 9.17) is 5.73 Å². The first-order valence-electron chi connectivity index (χ1n) is 11.5. The lowest BCUT2D eigenvalue weighted by atomic mass is 9.84. The Hall–Kier alpha value is -2.87. The number of amides is 1. The second-order valence-electron chi connectivity index (χ2n) is 8.12. The van der Waals surface area contributed by atoms with E-state index in [0.29, 0.717) is 28.1 Å². The van der Waals surface area contributed by atoms with Crippen LogP contribution in [0, 0.1) is 0 Å². The van der Waals surface area contributed by atoms with Gasteiger partial charge in [-0.3, -0.25) is 14.3 Å². The molecule has 0 saturated heterocycles. The maximum absolute atomic E-state index is 13.2. The SMILES string of the molecule is CCN(CC)CCCCNSc1ccc(C2=C3C(=O)c4ccccc4C(N)=C3C(=O)N2)cc1. The van der Waals surface area contributed by atoms with E-state index in [-0.39, 0.29) is 17.3 Å². The van der Waals surface area contributed by atoms with E-state index >= 15 is 0 Å². The van der Waals surface area contributed by atoms with Gasteiger partial charge in [0.15, 0.2) is 5.78 Å². The number of nitrogens with zero attached hydrogens (tertiary/aromatic N) is 1. The van der Waals surface area contributed by atoms with Crippen LogP contribution in [-0.2, 0) is 4.79 Å². The van der Waals surface area contributed by atoms with Gasteiger partial charge in [-0.1, -0.05) is 50.2 Å². The van der Waals surface area contributed by atoms with Crippen LogP contribution in [0.4, 0.5) is 0 Å². The van der Waals surface area contributed by atoms with Crippen LogP contribution in [0.15, 0.2) is 64.6 Å². The van der Waals surface area contributed by atoms with E-state index < -0.39 is 0 Å². The topological polar surface area (TPSA) is 87.5 Å². The summed E-state index contributed by atoms with van der Waals surface area (Å²) in [7, 11) is 0. The zero-order valence-corrected chi connectivity index (χ0v) is 19.9. The third-order valence-corrected chi connectivity index (χ3v) is 7.01. The summed E-state index contributed by atoms with van der Waals surface area (Å²) >= 11 is 1.59. The Morgan fingerprint density at radius 3 is 2.33 bits per heavy atom. The lowest BCUT2D eigenvalue weighted by molar-refractivity contribution is -0.115. The predicted molar refractivity (Wildman–Crippen MR) is 134 cm³/mol. The fourth-order valence-corrected chi connectivity index (χ4v) is 4.94. The van der Waals surface area contributed by atoms with Gasteiger partial charge >= 0.3 is 0 Å². The molecule has 0 radical (unpaired) electrons. The monoisotopic (exact) mass is 462 g/mol. The molecule has 172 valence electrons. The van der Waals surface area contributed by atoms with Gasteiger partial charge in [-0.25, -0.2) is 0 Å². The number of rotatable bonds is 10. The molecule has 1 aliphatic heterocycles. The summed E-state index contributed by atoms with van der Waals surface area (Å²) < 4.78 is 3.41. The lowest BCUT2D eigenvalue weighted by Gasteiger charge is -2.18. The maximum Gasteiger partial charge on any atom is 0.258 e. The largest absolute Gasteiger partial charge is 0.398 e. The number of nitrogens with two attached hydrogens (primary N) is 1. The highest BCUT2D eigenvalue weighted by molar-refractivity contribution is 7.97. The Kier molecular flexibility index (Phi) is 7.33. The lowest BCUT2D eigenvalue weighted by Crippen LogP contribution is -2.24. The molecule has 2 aliphatic rings. The van der Waals surface area contributed by atoms with E-state index in [2.05, 4.69) is 28.8 Å². The van der Waals surface area contributed by atoms with E-state index in [1.807, 2.05) is 36.4 Å². The van der Waals surface area contributed by atoms with Crippen molar-refractivity contribution >= 4 is 35.0 Å². The molecule has 2 aromatic rings. The van der Waals surface area contributed by atoms with Crippen molar-refractivity contribution in [1.82, 2.24) is 14.9 Å². The summed E-state index contributed by atoms with van der Waals surface area (Å²) in [5, 5.41) is 2.87. The number of hydrogen-bond acceptors (Lipinski definition) is 6. The molecule has 6 nitrogen and oxygen atoms in total. The standard InChI is InChI=1S/C26H30N4O2S/c1-3-30(4-2)16-8-7-15-28-33-18-13-11-17(12-14-18)24-22-21(26(32)29-24)23(27)19-9-5-6-10-20(19)25(22)31/h5-6,9-14,28H,3-4,7-8,15-16,27H2,1-2H3,(H,29,32). The Balaban J connectivity index is 1.43. The summed E-state index contributed by atoms with van der Waals surface area (Å²) in [5.74, 6) is -0.502. The fourth-order valence-electron chi connectivity index (χ4n) is 4.26. The van der Waals surface area contributed by atoms with Crippen molar-refractivity contribution in [3.05, 3.63) is 76.4 Å². The summed E-state index contributed by atoms with van der Waals surface area (Å²) in [6.07, 6.45) is 2.31. The van der Waals surface area contributed by atoms with Crippen LogP contribution in [0.25, 0.3) is 11.4 Å². The second kappa shape index (κ2) is 10.4. The van der Waals surface area contributed by atoms with E-state index in [1.54, 1.807) is 24.1 Å². The summed E-state index contributed by atoms with van der Waals surface area (Å²) in [6.45, 7) is 8.69. The van der Waals surface area contributed by atoms with Gasteiger partial charge in [0, 0.05) is 22.6 Å². The number of fused-ring (bicyclic) bond motifs is 2. The Morgan fingerprint density at radius 2 is 1.64 bits per heavy atom. The summed E-state index contributed by atoms with van der Waals surface area (Å²) in [5.41, 5.74) is 9.74. The average molecular weight is 463 g/mol. The highest BCUT2D eigenvalue weighted by Gasteiger charge is 2.39. The van der Waals surface area contributed by atoms with Crippen LogP contribution in [0.3, 0.4) is 0 Å². The molecular formula is C26H30N4O2S. The molecule has 0 fully saturated rings. The molecule has 1 heterocycles. The molecule has 0 spiro atoms. The van der Waals surface area contributed by atoms with Crippen molar-refractivity contribution < 1.29 is 9.59 Å². The van der Waals surface area contributed by atoms with Gasteiger partial charge in [0.2, 0.25) is 0 Å².